The van der Waals surface area contributed by atoms with Crippen molar-refractivity contribution in [2.75, 3.05) is 26.2 Å². The fourth-order valence-electron chi connectivity index (χ4n) is 3.94. The number of hydrogen-bond donors (Lipinski definition) is 1. The summed E-state index contributed by atoms with van der Waals surface area (Å²) in [4.78, 5) is 15.0. The first-order valence-corrected chi connectivity index (χ1v) is 10.7. The average molecular weight is 369 g/mol. The van der Waals surface area contributed by atoms with Crippen LogP contribution >= 0.6 is 0 Å². The van der Waals surface area contributed by atoms with Gasteiger partial charge in [0.1, 0.15) is 4.90 Å². The maximum Gasteiger partial charge on any atom is 0.246 e. The minimum atomic E-state index is -3.55. The number of aromatic nitrogens is 2. The summed E-state index contributed by atoms with van der Waals surface area (Å²) in [7, 11) is -3.55. The number of aryl methyl sites for hydroxylation is 2. The Hall–Kier alpha value is -1.41. The van der Waals surface area contributed by atoms with Crippen molar-refractivity contribution in [3.05, 3.63) is 11.4 Å². The fourth-order valence-corrected chi connectivity index (χ4v) is 5.74. The third kappa shape index (κ3) is 3.74. The average Bonchev–Trinajstić information content (AvgIpc) is 2.80. The zero-order chi connectivity index (χ0) is 18.0. The molecule has 3 rings (SSSR count). The van der Waals surface area contributed by atoms with Crippen LogP contribution in [0.15, 0.2) is 4.90 Å². The molecule has 0 radical (unpaired) electrons. The lowest BCUT2D eigenvalue weighted by atomic mass is 9.96. The molecule has 1 aromatic heterocycles. The topological polar surface area (TPSA) is 86.4 Å². The molecule has 0 unspecified atom stereocenters. The highest BCUT2D eigenvalue weighted by Gasteiger charge is 2.35. The molecule has 8 heteroatoms. The third-order valence-electron chi connectivity index (χ3n) is 5.38. The number of aromatic amines is 1. The maximum absolute atomic E-state index is 12.9. The van der Waals surface area contributed by atoms with Gasteiger partial charge in [0.25, 0.3) is 0 Å². The van der Waals surface area contributed by atoms with E-state index in [1.165, 1.54) is 17.1 Å². The first kappa shape index (κ1) is 18.4. The van der Waals surface area contributed by atoms with Gasteiger partial charge in [-0.05, 0) is 39.5 Å². The summed E-state index contributed by atoms with van der Waals surface area (Å²) in [6.45, 7) is 5.93. The molecule has 3 heterocycles. The van der Waals surface area contributed by atoms with E-state index in [0.29, 0.717) is 37.3 Å². The van der Waals surface area contributed by atoms with Crippen LogP contribution in [0.1, 0.15) is 49.9 Å². The number of nitrogens with zero attached hydrogens (tertiary/aromatic N) is 3. The van der Waals surface area contributed by atoms with Crippen LogP contribution in [-0.4, -0.2) is 59.9 Å². The first-order chi connectivity index (χ1) is 11.9. The van der Waals surface area contributed by atoms with Crippen molar-refractivity contribution in [3.63, 3.8) is 0 Å². The quantitative estimate of drug-likeness (QED) is 0.882. The molecule has 140 valence electrons. The van der Waals surface area contributed by atoms with E-state index in [2.05, 4.69) is 10.2 Å². The highest BCUT2D eigenvalue weighted by molar-refractivity contribution is 7.89. The van der Waals surface area contributed by atoms with E-state index in [0.717, 1.165) is 25.9 Å². The molecule has 25 heavy (non-hydrogen) atoms. The second kappa shape index (κ2) is 7.45. The van der Waals surface area contributed by atoms with Crippen molar-refractivity contribution in [2.45, 2.75) is 57.3 Å². The fraction of sp³-hybridized carbons (Fsp3) is 0.765. The zero-order valence-electron chi connectivity index (χ0n) is 15.1. The molecule has 2 fully saturated rings. The summed E-state index contributed by atoms with van der Waals surface area (Å²) in [5.74, 6) is 0.172. The van der Waals surface area contributed by atoms with Crippen LogP contribution in [0.25, 0.3) is 0 Å². The van der Waals surface area contributed by atoms with E-state index in [1.54, 1.807) is 13.8 Å². The van der Waals surface area contributed by atoms with E-state index < -0.39 is 10.0 Å². The van der Waals surface area contributed by atoms with Crippen molar-refractivity contribution >= 4 is 15.9 Å². The summed E-state index contributed by atoms with van der Waals surface area (Å²) in [5.41, 5.74) is 1.07. The molecule has 0 bridgehead atoms. The molecule has 0 aromatic carbocycles. The second-order valence-electron chi connectivity index (χ2n) is 7.18. The Bertz CT molecular complexity index is 693. The van der Waals surface area contributed by atoms with Crippen LogP contribution < -0.4 is 0 Å². The molecule has 2 saturated heterocycles. The van der Waals surface area contributed by atoms with Gasteiger partial charge < -0.3 is 4.90 Å². The minimum Gasteiger partial charge on any atom is -0.342 e. The molecule has 2 aliphatic heterocycles. The molecule has 1 aromatic rings. The van der Waals surface area contributed by atoms with Gasteiger partial charge in [0.2, 0.25) is 15.9 Å². The normalized spacial score (nSPS) is 21.3. The number of rotatable bonds is 3. The molecular weight excluding hydrogens is 340 g/mol. The smallest absolute Gasteiger partial charge is 0.246 e. The van der Waals surface area contributed by atoms with Crippen molar-refractivity contribution < 1.29 is 13.2 Å². The Kier molecular flexibility index (Phi) is 5.48. The van der Waals surface area contributed by atoms with E-state index in [-0.39, 0.29) is 16.7 Å². The summed E-state index contributed by atoms with van der Waals surface area (Å²) >= 11 is 0. The minimum absolute atomic E-state index is 0.0453. The number of nitrogens with one attached hydrogen (secondary N) is 1. The van der Waals surface area contributed by atoms with Crippen LogP contribution in [0.2, 0.25) is 0 Å². The van der Waals surface area contributed by atoms with E-state index >= 15 is 0 Å². The predicted molar refractivity (Wildman–Crippen MR) is 94.6 cm³/mol. The van der Waals surface area contributed by atoms with Crippen molar-refractivity contribution in [1.82, 2.24) is 19.4 Å². The number of hydrogen-bond acceptors (Lipinski definition) is 4. The molecular formula is C17H28N4O3S. The van der Waals surface area contributed by atoms with Gasteiger partial charge in [0.15, 0.2) is 0 Å². The first-order valence-electron chi connectivity index (χ1n) is 9.22. The van der Waals surface area contributed by atoms with Crippen LogP contribution in [0.5, 0.6) is 0 Å². The number of likely N-dealkylation sites (tertiary alicyclic amines) is 1. The van der Waals surface area contributed by atoms with Gasteiger partial charge in [0.05, 0.1) is 11.4 Å². The van der Waals surface area contributed by atoms with Crippen LogP contribution in [0, 0.1) is 19.8 Å². The number of piperidine rings is 1. The molecule has 2 aliphatic rings. The summed E-state index contributed by atoms with van der Waals surface area (Å²) < 4.78 is 27.3. The van der Waals surface area contributed by atoms with Gasteiger partial charge in [-0.3, -0.25) is 9.89 Å². The summed E-state index contributed by atoms with van der Waals surface area (Å²) in [6.07, 6.45) is 5.76. The van der Waals surface area contributed by atoms with Gasteiger partial charge >= 0.3 is 0 Å². The second-order valence-corrected chi connectivity index (χ2v) is 9.06. The Morgan fingerprint density at radius 1 is 1.04 bits per heavy atom. The Balaban J connectivity index is 1.64. The third-order valence-corrected chi connectivity index (χ3v) is 7.54. The lowest BCUT2D eigenvalue weighted by Crippen LogP contribution is -2.44. The molecule has 1 N–H and O–H groups in total. The molecule has 0 saturated carbocycles. The molecule has 7 nitrogen and oxygen atoms in total. The van der Waals surface area contributed by atoms with Crippen molar-refractivity contribution in [3.8, 4) is 0 Å². The highest BCUT2D eigenvalue weighted by Crippen LogP contribution is 2.28. The van der Waals surface area contributed by atoms with E-state index in [9.17, 15) is 13.2 Å². The highest BCUT2D eigenvalue weighted by atomic mass is 32.2. The molecule has 0 spiro atoms. The summed E-state index contributed by atoms with van der Waals surface area (Å²) in [5, 5.41) is 6.74. The van der Waals surface area contributed by atoms with Crippen molar-refractivity contribution in [1.29, 1.82) is 0 Å². The van der Waals surface area contributed by atoms with Gasteiger partial charge in [-0.1, -0.05) is 12.8 Å². The number of carbonyl (C=O) groups excluding carboxylic acids is 1. The van der Waals surface area contributed by atoms with Crippen LogP contribution in [0.4, 0.5) is 0 Å². The molecule has 0 atom stereocenters. The van der Waals surface area contributed by atoms with Gasteiger partial charge in [-0.25, -0.2) is 8.42 Å². The lowest BCUT2D eigenvalue weighted by Gasteiger charge is -2.33. The van der Waals surface area contributed by atoms with E-state index in [1.807, 2.05) is 4.90 Å². The van der Waals surface area contributed by atoms with Gasteiger partial charge in [-0.2, -0.15) is 9.40 Å². The van der Waals surface area contributed by atoms with E-state index in [4.69, 9.17) is 0 Å². The van der Waals surface area contributed by atoms with Gasteiger partial charge in [-0.15, -0.1) is 0 Å². The molecule has 1 amide bonds. The van der Waals surface area contributed by atoms with Gasteiger partial charge in [0, 0.05) is 32.1 Å². The predicted octanol–water partition coefficient (Wildman–Crippen LogP) is 1.83. The standard InChI is InChI=1S/C17H28N4O3S/c1-13-16(14(2)19-18-13)25(23,24)21-11-7-15(8-12-21)17(22)20-9-5-3-4-6-10-20/h15H,3-12H2,1-2H3,(H,18,19). The zero-order valence-corrected chi connectivity index (χ0v) is 15.9. The number of H-pyrrole nitrogens is 1. The number of amides is 1. The summed E-state index contributed by atoms with van der Waals surface area (Å²) in [6, 6.07) is 0. The Morgan fingerprint density at radius 2 is 1.64 bits per heavy atom. The number of carbonyl (C=O) groups is 1. The molecule has 0 aliphatic carbocycles. The van der Waals surface area contributed by atoms with Crippen LogP contribution in [-0.2, 0) is 14.8 Å². The Morgan fingerprint density at radius 3 is 2.16 bits per heavy atom. The monoisotopic (exact) mass is 368 g/mol. The Labute approximate surface area is 149 Å². The lowest BCUT2D eigenvalue weighted by molar-refractivity contribution is -0.136. The maximum atomic E-state index is 12.9. The van der Waals surface area contributed by atoms with Crippen LogP contribution in [0.3, 0.4) is 0 Å². The van der Waals surface area contributed by atoms with Crippen molar-refractivity contribution in [2.24, 2.45) is 5.92 Å². The number of sulfonamides is 1. The largest absolute Gasteiger partial charge is 0.342 e. The SMILES string of the molecule is Cc1n[nH]c(C)c1S(=O)(=O)N1CCC(C(=O)N2CCCCCC2)CC1.